The van der Waals surface area contributed by atoms with Crippen molar-refractivity contribution >= 4 is 5.91 Å². The van der Waals surface area contributed by atoms with E-state index in [2.05, 4.69) is 40.3 Å². The molecule has 1 saturated heterocycles. The average molecular weight is 430 g/mol. The quantitative estimate of drug-likeness (QED) is 0.558. The monoisotopic (exact) mass is 429 g/mol. The second-order valence-electron chi connectivity index (χ2n) is 8.59. The molecule has 0 radical (unpaired) electrons. The minimum Gasteiger partial charge on any atom is -0.489 e. The number of piperidine rings is 1. The van der Waals surface area contributed by atoms with Gasteiger partial charge in [0.25, 0.3) is 5.91 Å². The van der Waals surface area contributed by atoms with Gasteiger partial charge in [0.2, 0.25) is 0 Å². The summed E-state index contributed by atoms with van der Waals surface area (Å²) in [5.41, 5.74) is 4.04. The SMILES string of the molecule is CC1CCN(Cc2ccccc2CNC(=O)c2cccc(OCc3cccnc3)c2)CC1. The van der Waals surface area contributed by atoms with Crippen molar-refractivity contribution in [1.29, 1.82) is 0 Å². The molecule has 0 bridgehead atoms. The molecule has 4 rings (SSSR count). The normalized spacial score (nSPS) is 14.8. The molecule has 5 heteroatoms. The van der Waals surface area contributed by atoms with Crippen molar-refractivity contribution in [2.45, 2.75) is 39.5 Å². The van der Waals surface area contributed by atoms with Crippen LogP contribution < -0.4 is 10.1 Å². The standard InChI is InChI=1S/C27H31N3O2/c1-21-11-14-30(15-12-21)19-25-8-3-2-7-24(25)18-29-27(31)23-9-4-10-26(16-23)32-20-22-6-5-13-28-17-22/h2-10,13,16-17,21H,11-12,14-15,18-20H2,1H3,(H,29,31). The van der Waals surface area contributed by atoms with Crippen LogP contribution in [0.4, 0.5) is 0 Å². The van der Waals surface area contributed by atoms with E-state index in [1.807, 2.05) is 36.4 Å². The molecule has 1 amide bonds. The highest BCUT2D eigenvalue weighted by molar-refractivity contribution is 5.94. The van der Waals surface area contributed by atoms with Crippen LogP contribution in [0.3, 0.4) is 0 Å². The molecule has 2 heterocycles. The zero-order chi connectivity index (χ0) is 22.2. The van der Waals surface area contributed by atoms with E-state index in [0.29, 0.717) is 24.5 Å². The second-order valence-corrected chi connectivity index (χ2v) is 8.59. The predicted octanol–water partition coefficient (Wildman–Crippen LogP) is 4.82. The highest BCUT2D eigenvalue weighted by Crippen LogP contribution is 2.20. The molecule has 32 heavy (non-hydrogen) atoms. The topological polar surface area (TPSA) is 54.5 Å². The fourth-order valence-corrected chi connectivity index (χ4v) is 4.00. The summed E-state index contributed by atoms with van der Waals surface area (Å²) in [7, 11) is 0. The van der Waals surface area contributed by atoms with Crippen molar-refractivity contribution in [2.24, 2.45) is 5.92 Å². The Bertz CT molecular complexity index is 1010. The van der Waals surface area contributed by atoms with Crippen LogP contribution in [0.25, 0.3) is 0 Å². The van der Waals surface area contributed by atoms with Crippen LogP contribution in [-0.2, 0) is 19.7 Å². The Morgan fingerprint density at radius 3 is 2.66 bits per heavy atom. The van der Waals surface area contributed by atoms with Crippen molar-refractivity contribution in [3.05, 3.63) is 95.3 Å². The van der Waals surface area contributed by atoms with Gasteiger partial charge in [0.1, 0.15) is 12.4 Å². The van der Waals surface area contributed by atoms with Crippen molar-refractivity contribution in [1.82, 2.24) is 15.2 Å². The first-order valence-corrected chi connectivity index (χ1v) is 11.4. The number of rotatable bonds is 8. The average Bonchev–Trinajstić information content (AvgIpc) is 2.84. The lowest BCUT2D eigenvalue weighted by molar-refractivity contribution is 0.0950. The largest absolute Gasteiger partial charge is 0.489 e. The summed E-state index contributed by atoms with van der Waals surface area (Å²) in [5.74, 6) is 1.39. The summed E-state index contributed by atoms with van der Waals surface area (Å²) in [6.45, 7) is 6.50. The number of benzene rings is 2. The molecule has 0 unspecified atom stereocenters. The first kappa shape index (κ1) is 22.0. The minimum absolute atomic E-state index is 0.0987. The minimum atomic E-state index is -0.0987. The number of likely N-dealkylation sites (tertiary alicyclic amines) is 1. The van der Waals surface area contributed by atoms with Gasteiger partial charge in [-0.3, -0.25) is 14.7 Å². The number of aromatic nitrogens is 1. The summed E-state index contributed by atoms with van der Waals surface area (Å²) >= 11 is 0. The molecular weight excluding hydrogens is 398 g/mol. The van der Waals surface area contributed by atoms with Gasteiger partial charge in [-0.05, 0) is 67.2 Å². The number of nitrogens with one attached hydrogen (secondary N) is 1. The molecular formula is C27H31N3O2. The third kappa shape index (κ3) is 6.17. The summed E-state index contributed by atoms with van der Waals surface area (Å²) in [6.07, 6.45) is 6.04. The second kappa shape index (κ2) is 10.9. The first-order chi connectivity index (χ1) is 15.7. The van der Waals surface area contributed by atoms with Gasteiger partial charge < -0.3 is 10.1 Å². The lowest BCUT2D eigenvalue weighted by Crippen LogP contribution is -2.33. The predicted molar refractivity (Wildman–Crippen MR) is 126 cm³/mol. The third-order valence-corrected chi connectivity index (χ3v) is 6.05. The van der Waals surface area contributed by atoms with Crippen LogP contribution in [0.15, 0.2) is 73.1 Å². The van der Waals surface area contributed by atoms with Gasteiger partial charge in [-0.1, -0.05) is 43.3 Å². The molecule has 2 aromatic carbocycles. The zero-order valence-electron chi connectivity index (χ0n) is 18.7. The maximum atomic E-state index is 12.8. The fraction of sp³-hybridized carbons (Fsp3) is 0.333. The van der Waals surface area contributed by atoms with E-state index in [1.165, 1.54) is 24.0 Å². The highest BCUT2D eigenvalue weighted by Gasteiger charge is 2.17. The Kier molecular flexibility index (Phi) is 7.51. The molecule has 1 fully saturated rings. The van der Waals surface area contributed by atoms with Gasteiger partial charge in [-0.15, -0.1) is 0 Å². The van der Waals surface area contributed by atoms with Crippen molar-refractivity contribution < 1.29 is 9.53 Å². The maximum absolute atomic E-state index is 12.8. The van der Waals surface area contributed by atoms with Crippen LogP contribution in [-0.4, -0.2) is 28.9 Å². The highest BCUT2D eigenvalue weighted by atomic mass is 16.5. The van der Waals surface area contributed by atoms with Gasteiger partial charge in [0.15, 0.2) is 0 Å². The lowest BCUT2D eigenvalue weighted by Gasteiger charge is -2.30. The number of hydrogen-bond donors (Lipinski definition) is 1. The van der Waals surface area contributed by atoms with Gasteiger partial charge >= 0.3 is 0 Å². The van der Waals surface area contributed by atoms with E-state index in [-0.39, 0.29) is 5.91 Å². The summed E-state index contributed by atoms with van der Waals surface area (Å²) in [6, 6.07) is 19.5. The maximum Gasteiger partial charge on any atom is 0.251 e. The van der Waals surface area contributed by atoms with E-state index >= 15 is 0 Å². The number of ether oxygens (including phenoxy) is 1. The van der Waals surface area contributed by atoms with Crippen LogP contribution in [0, 0.1) is 5.92 Å². The molecule has 5 nitrogen and oxygen atoms in total. The third-order valence-electron chi connectivity index (χ3n) is 6.05. The van der Waals surface area contributed by atoms with E-state index in [9.17, 15) is 4.79 Å². The molecule has 0 atom stereocenters. The van der Waals surface area contributed by atoms with Gasteiger partial charge in [-0.2, -0.15) is 0 Å². The van der Waals surface area contributed by atoms with Crippen LogP contribution in [0.5, 0.6) is 5.75 Å². The Hall–Kier alpha value is -3.18. The number of hydrogen-bond acceptors (Lipinski definition) is 4. The number of carbonyl (C=O) groups excluding carboxylic acids is 1. The number of nitrogens with zero attached hydrogens (tertiary/aromatic N) is 2. The molecule has 1 aliphatic heterocycles. The number of amides is 1. The molecule has 0 spiro atoms. The zero-order valence-corrected chi connectivity index (χ0v) is 18.7. The number of carbonyl (C=O) groups is 1. The van der Waals surface area contributed by atoms with Gasteiger partial charge in [0.05, 0.1) is 0 Å². The summed E-state index contributed by atoms with van der Waals surface area (Å²) in [5, 5.41) is 3.08. The van der Waals surface area contributed by atoms with E-state index < -0.39 is 0 Å². The molecule has 166 valence electrons. The van der Waals surface area contributed by atoms with Crippen LogP contribution >= 0.6 is 0 Å². The van der Waals surface area contributed by atoms with Gasteiger partial charge in [-0.25, -0.2) is 0 Å². The van der Waals surface area contributed by atoms with E-state index in [0.717, 1.165) is 31.1 Å². The first-order valence-electron chi connectivity index (χ1n) is 11.4. The number of pyridine rings is 1. The molecule has 1 N–H and O–H groups in total. The van der Waals surface area contributed by atoms with Crippen LogP contribution in [0.2, 0.25) is 0 Å². The Balaban J connectivity index is 1.34. The molecule has 0 aliphatic carbocycles. The smallest absolute Gasteiger partial charge is 0.251 e. The molecule has 3 aromatic rings. The van der Waals surface area contributed by atoms with Crippen molar-refractivity contribution in [3.63, 3.8) is 0 Å². The Morgan fingerprint density at radius 2 is 1.88 bits per heavy atom. The van der Waals surface area contributed by atoms with Crippen molar-refractivity contribution in [2.75, 3.05) is 13.1 Å². The van der Waals surface area contributed by atoms with E-state index in [1.54, 1.807) is 18.5 Å². The Morgan fingerprint density at radius 1 is 1.06 bits per heavy atom. The van der Waals surface area contributed by atoms with Gasteiger partial charge in [0, 0.05) is 36.6 Å². The van der Waals surface area contributed by atoms with Crippen LogP contribution in [0.1, 0.15) is 46.8 Å². The lowest BCUT2D eigenvalue weighted by atomic mass is 9.98. The molecule has 1 aliphatic rings. The Labute approximate surface area is 190 Å². The fourth-order valence-electron chi connectivity index (χ4n) is 4.00. The summed E-state index contributed by atoms with van der Waals surface area (Å²) in [4.78, 5) is 19.4. The molecule has 0 saturated carbocycles. The summed E-state index contributed by atoms with van der Waals surface area (Å²) < 4.78 is 5.83. The molecule has 1 aromatic heterocycles. The van der Waals surface area contributed by atoms with Crippen molar-refractivity contribution in [3.8, 4) is 5.75 Å². The van der Waals surface area contributed by atoms with E-state index in [4.69, 9.17) is 4.74 Å².